The molecule has 6 heteroatoms. The number of methoxy groups -OCH3 is 2. The van der Waals surface area contributed by atoms with E-state index in [4.69, 9.17) is 14.6 Å². The average Bonchev–Trinajstić information content (AvgIpc) is 2.43. The number of hydrogen-bond donors (Lipinski definition) is 2. The summed E-state index contributed by atoms with van der Waals surface area (Å²) in [5, 5.41) is 11.3. The van der Waals surface area contributed by atoms with Gasteiger partial charge in [0.15, 0.2) is 0 Å². The third-order valence-electron chi connectivity index (χ3n) is 3.00. The Kier molecular flexibility index (Phi) is 6.52. The van der Waals surface area contributed by atoms with Crippen LogP contribution in [-0.2, 0) is 16.0 Å². The van der Waals surface area contributed by atoms with E-state index in [1.165, 1.54) is 0 Å². The number of carbonyl (C=O) groups is 2. The largest absolute Gasteiger partial charge is 0.497 e. The summed E-state index contributed by atoms with van der Waals surface area (Å²) in [6, 6.07) is 5.02. The molecule has 1 aromatic rings. The van der Waals surface area contributed by atoms with Gasteiger partial charge in [-0.05, 0) is 37.1 Å². The minimum Gasteiger partial charge on any atom is -0.497 e. The van der Waals surface area contributed by atoms with Crippen LogP contribution in [0.15, 0.2) is 18.2 Å². The minimum absolute atomic E-state index is 0.0891. The number of hydrogen-bond acceptors (Lipinski definition) is 4. The van der Waals surface area contributed by atoms with Gasteiger partial charge < -0.3 is 19.9 Å². The molecule has 0 saturated heterocycles. The van der Waals surface area contributed by atoms with E-state index in [1.54, 1.807) is 33.3 Å². The van der Waals surface area contributed by atoms with E-state index in [1.807, 2.05) is 6.07 Å². The molecule has 1 atom stereocenters. The maximum atomic E-state index is 11.8. The number of carboxylic acid groups (broad SMARTS) is 1. The van der Waals surface area contributed by atoms with Crippen LogP contribution in [0.1, 0.15) is 25.3 Å². The van der Waals surface area contributed by atoms with Crippen molar-refractivity contribution in [1.82, 2.24) is 5.32 Å². The Labute approximate surface area is 124 Å². The molecule has 21 heavy (non-hydrogen) atoms. The van der Waals surface area contributed by atoms with E-state index >= 15 is 0 Å². The van der Waals surface area contributed by atoms with Crippen molar-refractivity contribution in [2.45, 2.75) is 32.2 Å². The lowest BCUT2D eigenvalue weighted by atomic mass is 10.1. The topological polar surface area (TPSA) is 84.9 Å². The number of aliphatic carboxylic acids is 1. The van der Waals surface area contributed by atoms with Gasteiger partial charge in [-0.3, -0.25) is 9.59 Å². The van der Waals surface area contributed by atoms with Crippen molar-refractivity contribution < 1.29 is 24.2 Å². The first-order chi connectivity index (χ1) is 9.96. The van der Waals surface area contributed by atoms with Crippen molar-refractivity contribution in [3.8, 4) is 11.5 Å². The van der Waals surface area contributed by atoms with E-state index in [0.29, 0.717) is 17.9 Å². The molecule has 1 amide bonds. The Bertz CT molecular complexity index is 501. The summed E-state index contributed by atoms with van der Waals surface area (Å²) in [5.74, 6) is 0.276. The monoisotopic (exact) mass is 295 g/mol. The van der Waals surface area contributed by atoms with Crippen LogP contribution in [0.4, 0.5) is 0 Å². The number of rotatable bonds is 8. The van der Waals surface area contributed by atoms with Crippen molar-refractivity contribution in [2.75, 3.05) is 14.2 Å². The summed E-state index contributed by atoms with van der Waals surface area (Å²) in [6.07, 6.45) is 0.660. The number of amides is 1. The van der Waals surface area contributed by atoms with E-state index in [2.05, 4.69) is 5.32 Å². The highest BCUT2D eigenvalue weighted by atomic mass is 16.5. The highest BCUT2D eigenvalue weighted by molar-refractivity contribution is 5.77. The molecular weight excluding hydrogens is 274 g/mol. The lowest BCUT2D eigenvalue weighted by Gasteiger charge is -2.13. The van der Waals surface area contributed by atoms with Crippen LogP contribution in [0.5, 0.6) is 11.5 Å². The van der Waals surface area contributed by atoms with E-state index in [-0.39, 0.29) is 24.8 Å². The maximum absolute atomic E-state index is 11.8. The molecule has 0 aliphatic carbocycles. The number of aryl methyl sites for hydroxylation is 1. The van der Waals surface area contributed by atoms with Crippen molar-refractivity contribution in [3.05, 3.63) is 23.8 Å². The second kappa shape index (κ2) is 8.14. The van der Waals surface area contributed by atoms with Crippen LogP contribution in [0, 0.1) is 0 Å². The number of carboxylic acids is 1. The molecule has 1 aromatic carbocycles. The molecule has 0 bridgehead atoms. The average molecular weight is 295 g/mol. The fraction of sp³-hybridized carbons (Fsp3) is 0.467. The smallest absolute Gasteiger partial charge is 0.305 e. The quantitative estimate of drug-likeness (QED) is 0.761. The number of ether oxygens (including phenoxy) is 2. The zero-order valence-corrected chi connectivity index (χ0v) is 12.5. The molecule has 0 saturated carbocycles. The molecule has 0 aliphatic rings. The van der Waals surface area contributed by atoms with E-state index < -0.39 is 5.97 Å². The molecule has 0 fully saturated rings. The van der Waals surface area contributed by atoms with Crippen LogP contribution in [0.2, 0.25) is 0 Å². The molecule has 1 rings (SSSR count). The maximum Gasteiger partial charge on any atom is 0.305 e. The summed E-state index contributed by atoms with van der Waals surface area (Å²) in [4.78, 5) is 22.3. The van der Waals surface area contributed by atoms with Crippen molar-refractivity contribution in [3.63, 3.8) is 0 Å². The molecular formula is C15H21NO5. The van der Waals surface area contributed by atoms with Gasteiger partial charge in [0.25, 0.3) is 0 Å². The molecule has 0 aliphatic heterocycles. The molecule has 116 valence electrons. The highest BCUT2D eigenvalue weighted by Crippen LogP contribution is 2.25. The van der Waals surface area contributed by atoms with Gasteiger partial charge in [0.2, 0.25) is 5.91 Å². The van der Waals surface area contributed by atoms with Gasteiger partial charge in [-0.1, -0.05) is 0 Å². The normalized spacial score (nSPS) is 11.6. The fourth-order valence-corrected chi connectivity index (χ4v) is 1.99. The highest BCUT2D eigenvalue weighted by Gasteiger charge is 2.12. The Hall–Kier alpha value is -2.24. The number of benzene rings is 1. The van der Waals surface area contributed by atoms with E-state index in [9.17, 15) is 9.59 Å². The zero-order chi connectivity index (χ0) is 15.8. The first-order valence-corrected chi connectivity index (χ1v) is 6.68. The number of nitrogens with one attached hydrogen (secondary N) is 1. The second-order valence-corrected chi connectivity index (χ2v) is 4.74. The van der Waals surface area contributed by atoms with Crippen LogP contribution < -0.4 is 14.8 Å². The summed E-state index contributed by atoms with van der Waals surface area (Å²) >= 11 is 0. The molecule has 0 spiro atoms. The van der Waals surface area contributed by atoms with E-state index in [0.717, 1.165) is 5.56 Å². The van der Waals surface area contributed by atoms with Crippen LogP contribution in [0.25, 0.3) is 0 Å². The van der Waals surface area contributed by atoms with Crippen LogP contribution in [-0.4, -0.2) is 37.2 Å². The Morgan fingerprint density at radius 1 is 1.29 bits per heavy atom. The predicted octanol–water partition coefficient (Wildman–Crippen LogP) is 1.62. The zero-order valence-electron chi connectivity index (χ0n) is 12.5. The minimum atomic E-state index is -0.933. The lowest BCUT2D eigenvalue weighted by Crippen LogP contribution is -2.34. The SMILES string of the molecule is COc1ccc(OC)c(CCC(=O)NC(C)CC(=O)O)c1. The first-order valence-electron chi connectivity index (χ1n) is 6.68. The third-order valence-corrected chi connectivity index (χ3v) is 3.00. The van der Waals surface area contributed by atoms with Crippen molar-refractivity contribution in [2.24, 2.45) is 0 Å². The number of carbonyl (C=O) groups excluding carboxylic acids is 1. The second-order valence-electron chi connectivity index (χ2n) is 4.74. The first kappa shape index (κ1) is 16.8. The molecule has 0 heterocycles. The molecule has 2 N–H and O–H groups in total. The standard InChI is InChI=1S/C15H21NO5/c1-10(8-15(18)19)16-14(17)7-4-11-9-12(20-2)5-6-13(11)21-3/h5-6,9-10H,4,7-8H2,1-3H3,(H,16,17)(H,18,19). The lowest BCUT2D eigenvalue weighted by molar-refractivity contribution is -0.137. The van der Waals surface area contributed by atoms with Gasteiger partial charge >= 0.3 is 5.97 Å². The third kappa shape index (κ3) is 5.72. The van der Waals surface area contributed by atoms with Gasteiger partial charge in [0, 0.05) is 12.5 Å². The Morgan fingerprint density at radius 3 is 2.57 bits per heavy atom. The summed E-state index contributed by atoms with van der Waals surface area (Å²) in [7, 11) is 3.15. The molecule has 0 aromatic heterocycles. The van der Waals surface area contributed by atoms with Crippen molar-refractivity contribution in [1.29, 1.82) is 0 Å². The van der Waals surface area contributed by atoms with Gasteiger partial charge in [0.1, 0.15) is 11.5 Å². The summed E-state index contributed by atoms with van der Waals surface area (Å²) in [6.45, 7) is 1.66. The Balaban J connectivity index is 2.58. The van der Waals surface area contributed by atoms with Crippen LogP contribution >= 0.6 is 0 Å². The Morgan fingerprint density at radius 2 is 2.00 bits per heavy atom. The van der Waals surface area contributed by atoms with Gasteiger partial charge in [-0.15, -0.1) is 0 Å². The summed E-state index contributed by atoms with van der Waals surface area (Å²) in [5.41, 5.74) is 0.873. The van der Waals surface area contributed by atoms with Gasteiger partial charge in [0.05, 0.1) is 20.6 Å². The van der Waals surface area contributed by atoms with Crippen LogP contribution in [0.3, 0.4) is 0 Å². The predicted molar refractivity (Wildman–Crippen MR) is 77.7 cm³/mol. The van der Waals surface area contributed by atoms with Crippen molar-refractivity contribution >= 4 is 11.9 Å². The molecule has 0 radical (unpaired) electrons. The van der Waals surface area contributed by atoms with Gasteiger partial charge in [-0.2, -0.15) is 0 Å². The fourth-order valence-electron chi connectivity index (χ4n) is 1.99. The molecule has 6 nitrogen and oxygen atoms in total. The molecule has 1 unspecified atom stereocenters. The summed E-state index contributed by atoms with van der Waals surface area (Å²) < 4.78 is 10.4. The van der Waals surface area contributed by atoms with Gasteiger partial charge in [-0.25, -0.2) is 0 Å².